The summed E-state index contributed by atoms with van der Waals surface area (Å²) in [5, 5.41) is 15.7. The molecule has 0 aliphatic heterocycles. The third-order valence-corrected chi connectivity index (χ3v) is 7.43. The Bertz CT molecular complexity index is 1870. The molecule has 0 aliphatic carbocycles. The molecule has 232 valence electrons. The molecule has 0 bridgehead atoms. The standard InChI is InChI=1S/C33H28N6O6S/c40-31(34-23-12-4-1-5-13-23)37-26-20-27(38-32(41)35-24-14-6-2-7-15-24)22-28(21-26)45-46(43,44)30-19-11-10-18-29(30)39-33(42)36-25-16-8-3-9-17-25/h1-22H,(H2,34,37,40)(H2,35,38,41)(H2,36,39,42). The van der Waals surface area contributed by atoms with Gasteiger partial charge >= 0.3 is 28.2 Å². The molecule has 5 aromatic carbocycles. The van der Waals surface area contributed by atoms with Crippen molar-refractivity contribution in [1.29, 1.82) is 0 Å². The number of benzene rings is 5. The van der Waals surface area contributed by atoms with Crippen molar-refractivity contribution in [1.82, 2.24) is 0 Å². The van der Waals surface area contributed by atoms with Crippen LogP contribution in [0.5, 0.6) is 5.75 Å². The molecule has 12 nitrogen and oxygen atoms in total. The molecule has 0 fully saturated rings. The minimum atomic E-state index is -4.55. The molecule has 46 heavy (non-hydrogen) atoms. The number of hydrogen-bond donors (Lipinski definition) is 6. The van der Waals surface area contributed by atoms with Crippen LogP contribution in [-0.4, -0.2) is 26.5 Å². The maximum atomic E-state index is 13.5. The van der Waals surface area contributed by atoms with Crippen LogP contribution < -0.4 is 36.1 Å². The summed E-state index contributed by atoms with van der Waals surface area (Å²) in [6.45, 7) is 0. The van der Waals surface area contributed by atoms with E-state index in [0.717, 1.165) is 0 Å². The van der Waals surface area contributed by atoms with Gasteiger partial charge in [-0.2, -0.15) is 8.42 Å². The third kappa shape index (κ3) is 8.84. The minimum absolute atomic E-state index is 0.0342. The van der Waals surface area contributed by atoms with Gasteiger partial charge in [0.1, 0.15) is 10.6 Å². The van der Waals surface area contributed by atoms with Gasteiger partial charge < -0.3 is 36.1 Å². The van der Waals surface area contributed by atoms with E-state index in [0.29, 0.717) is 17.1 Å². The molecule has 0 unspecified atom stereocenters. The summed E-state index contributed by atoms with van der Waals surface area (Å²) < 4.78 is 32.5. The first-order valence-electron chi connectivity index (χ1n) is 13.8. The molecule has 0 saturated carbocycles. The average molecular weight is 637 g/mol. The van der Waals surface area contributed by atoms with Crippen molar-refractivity contribution < 1.29 is 27.0 Å². The van der Waals surface area contributed by atoms with Crippen molar-refractivity contribution >= 4 is 62.3 Å². The Balaban J connectivity index is 1.38. The van der Waals surface area contributed by atoms with E-state index in [1.807, 2.05) is 0 Å². The van der Waals surface area contributed by atoms with Crippen LogP contribution in [0.1, 0.15) is 0 Å². The van der Waals surface area contributed by atoms with Crippen molar-refractivity contribution in [3.8, 4) is 5.75 Å². The summed E-state index contributed by atoms with van der Waals surface area (Å²) in [4.78, 5) is 37.8. The highest BCUT2D eigenvalue weighted by molar-refractivity contribution is 7.87. The lowest BCUT2D eigenvalue weighted by atomic mass is 10.2. The Morgan fingerprint density at radius 2 is 0.804 bits per heavy atom. The monoisotopic (exact) mass is 636 g/mol. The predicted molar refractivity (Wildman–Crippen MR) is 178 cm³/mol. The van der Waals surface area contributed by atoms with Gasteiger partial charge in [0, 0.05) is 40.6 Å². The Morgan fingerprint density at radius 1 is 0.435 bits per heavy atom. The van der Waals surface area contributed by atoms with Crippen LogP contribution >= 0.6 is 0 Å². The zero-order valence-corrected chi connectivity index (χ0v) is 24.9. The van der Waals surface area contributed by atoms with Crippen molar-refractivity contribution in [2.45, 2.75) is 4.90 Å². The number of urea groups is 3. The molecule has 0 radical (unpaired) electrons. The SMILES string of the molecule is O=C(Nc1ccccc1)Nc1cc(NC(=O)Nc2ccccc2)cc(OS(=O)(=O)c2ccccc2NC(=O)Nc2ccccc2)c1. The molecule has 5 aromatic rings. The number of carbonyl (C=O) groups is 3. The van der Waals surface area contributed by atoms with Crippen molar-refractivity contribution in [3.05, 3.63) is 133 Å². The Morgan fingerprint density at radius 3 is 1.26 bits per heavy atom. The quantitative estimate of drug-likeness (QED) is 0.0923. The fourth-order valence-electron chi connectivity index (χ4n) is 4.19. The van der Waals surface area contributed by atoms with Gasteiger partial charge in [-0.3, -0.25) is 0 Å². The molecule has 0 spiro atoms. The smallest absolute Gasteiger partial charge is 0.341 e. The number of para-hydroxylation sites is 4. The molecule has 0 atom stereocenters. The maximum Gasteiger partial charge on any atom is 0.341 e. The second-order valence-electron chi connectivity index (χ2n) is 9.62. The molecule has 0 aliphatic rings. The summed E-state index contributed by atoms with van der Waals surface area (Å²) in [7, 11) is -4.55. The Labute approximate surface area is 264 Å². The van der Waals surface area contributed by atoms with Crippen molar-refractivity contribution in [2.75, 3.05) is 31.9 Å². The normalized spacial score (nSPS) is 10.6. The third-order valence-electron chi connectivity index (χ3n) is 6.13. The van der Waals surface area contributed by atoms with E-state index in [1.165, 1.54) is 36.4 Å². The number of rotatable bonds is 9. The zero-order chi connectivity index (χ0) is 32.4. The first-order chi connectivity index (χ1) is 22.2. The van der Waals surface area contributed by atoms with Gasteiger partial charge in [0.05, 0.1) is 5.69 Å². The minimum Gasteiger partial charge on any atom is -0.379 e. The molecule has 0 aromatic heterocycles. The molecule has 6 amide bonds. The van der Waals surface area contributed by atoms with Crippen LogP contribution in [0.3, 0.4) is 0 Å². The Hall–Kier alpha value is -6.34. The van der Waals surface area contributed by atoms with Crippen LogP contribution in [-0.2, 0) is 10.1 Å². The van der Waals surface area contributed by atoms with Crippen molar-refractivity contribution in [3.63, 3.8) is 0 Å². The van der Waals surface area contributed by atoms with E-state index < -0.39 is 28.2 Å². The van der Waals surface area contributed by atoms with E-state index in [-0.39, 0.29) is 27.7 Å². The topological polar surface area (TPSA) is 167 Å². The molecule has 13 heteroatoms. The van der Waals surface area contributed by atoms with Gasteiger partial charge in [0.2, 0.25) is 0 Å². The molecular formula is C33H28N6O6S. The molecule has 6 N–H and O–H groups in total. The molecule has 5 rings (SSSR count). The lowest BCUT2D eigenvalue weighted by Crippen LogP contribution is -2.22. The summed E-state index contributed by atoms with van der Waals surface area (Å²) in [6.07, 6.45) is 0. The van der Waals surface area contributed by atoms with E-state index >= 15 is 0 Å². The van der Waals surface area contributed by atoms with Gasteiger partial charge in [-0.25, -0.2) is 14.4 Å². The largest absolute Gasteiger partial charge is 0.379 e. The second-order valence-corrected chi connectivity index (χ2v) is 11.1. The molecule has 0 saturated heterocycles. The highest BCUT2D eigenvalue weighted by atomic mass is 32.2. The van der Waals surface area contributed by atoms with Gasteiger partial charge in [0.25, 0.3) is 0 Å². The fourth-order valence-corrected chi connectivity index (χ4v) is 5.26. The van der Waals surface area contributed by atoms with Gasteiger partial charge in [-0.15, -0.1) is 0 Å². The summed E-state index contributed by atoms with van der Waals surface area (Å²) >= 11 is 0. The van der Waals surface area contributed by atoms with Crippen LogP contribution in [0, 0.1) is 0 Å². The van der Waals surface area contributed by atoms with E-state index in [1.54, 1.807) is 97.1 Å². The van der Waals surface area contributed by atoms with Gasteiger partial charge in [-0.1, -0.05) is 66.7 Å². The van der Waals surface area contributed by atoms with Gasteiger partial charge in [0.15, 0.2) is 0 Å². The lowest BCUT2D eigenvalue weighted by Gasteiger charge is -2.15. The first kappa shape index (κ1) is 31.1. The number of nitrogens with one attached hydrogen (secondary N) is 6. The van der Waals surface area contributed by atoms with Crippen LogP contribution in [0.15, 0.2) is 138 Å². The van der Waals surface area contributed by atoms with Crippen LogP contribution in [0.4, 0.5) is 48.5 Å². The van der Waals surface area contributed by atoms with E-state index in [2.05, 4.69) is 31.9 Å². The lowest BCUT2D eigenvalue weighted by molar-refractivity contribution is 0.261. The second kappa shape index (κ2) is 14.4. The Kier molecular flexibility index (Phi) is 9.75. The van der Waals surface area contributed by atoms with Gasteiger partial charge in [-0.05, 0) is 54.6 Å². The number of hydrogen-bond acceptors (Lipinski definition) is 6. The predicted octanol–water partition coefficient (Wildman–Crippen LogP) is 7.39. The number of amides is 6. The summed E-state index contributed by atoms with van der Waals surface area (Å²) in [6, 6.07) is 33.8. The molecule has 0 heterocycles. The highest BCUT2D eigenvalue weighted by Crippen LogP contribution is 2.30. The highest BCUT2D eigenvalue weighted by Gasteiger charge is 2.23. The number of carbonyl (C=O) groups excluding carboxylic acids is 3. The maximum absolute atomic E-state index is 13.5. The first-order valence-corrected chi connectivity index (χ1v) is 15.2. The van der Waals surface area contributed by atoms with E-state index in [4.69, 9.17) is 4.18 Å². The van der Waals surface area contributed by atoms with Crippen molar-refractivity contribution in [2.24, 2.45) is 0 Å². The van der Waals surface area contributed by atoms with Crippen LogP contribution in [0.2, 0.25) is 0 Å². The number of anilines is 6. The zero-order valence-electron chi connectivity index (χ0n) is 24.1. The summed E-state index contributed by atoms with van der Waals surface area (Å²) in [5.74, 6) is -0.226. The summed E-state index contributed by atoms with van der Waals surface area (Å²) in [5.41, 5.74) is 1.75. The van der Waals surface area contributed by atoms with Crippen LogP contribution in [0.25, 0.3) is 0 Å². The molecular weight excluding hydrogens is 608 g/mol. The fraction of sp³-hybridized carbons (Fsp3) is 0. The average Bonchev–Trinajstić information content (AvgIpc) is 3.02. The van der Waals surface area contributed by atoms with E-state index in [9.17, 15) is 22.8 Å².